The van der Waals surface area contributed by atoms with E-state index < -0.39 is 17.7 Å². The maximum atomic E-state index is 9.64. The molecule has 5 nitrogen and oxygen atoms in total. The van der Waals surface area contributed by atoms with Crippen LogP contribution in [0, 0.1) is 0 Å². The predicted molar refractivity (Wildman–Crippen MR) is 30.2 cm³/mol. The average Bonchev–Trinajstić information content (AvgIpc) is 1.64. The first-order valence-corrected chi connectivity index (χ1v) is 1.56. The molecule has 0 rings (SSSR count). The molecule has 0 aliphatic rings. The third kappa shape index (κ3) is 3.70. The molecule has 0 radical (unpaired) electrons. The van der Waals surface area contributed by atoms with Crippen molar-refractivity contribution in [1.29, 1.82) is 0 Å². The lowest BCUT2D eigenvalue weighted by Crippen LogP contribution is -2.22. The Hall–Kier alpha value is -0.858. The normalized spacial score (nSPS) is 7.11. The fraction of sp³-hybridized carbons (Fsp3) is 0. The standard InChI is InChI=1S/C3H2O5.Al.3H/c4-1(2(5)6)3(7)8;;;;/h(H,5,6)(H,7,8);;;;. The monoisotopic (exact) mass is 148 g/mol. The van der Waals surface area contributed by atoms with Gasteiger partial charge in [-0.25, -0.2) is 9.59 Å². The minimum absolute atomic E-state index is 0. The molecule has 50 valence electrons. The van der Waals surface area contributed by atoms with Crippen LogP contribution in [0.1, 0.15) is 0 Å². The van der Waals surface area contributed by atoms with Crippen LogP contribution in [-0.4, -0.2) is 45.3 Å². The topological polar surface area (TPSA) is 91.7 Å². The molecule has 0 spiro atoms. The van der Waals surface area contributed by atoms with Crippen LogP contribution in [0.15, 0.2) is 0 Å². The van der Waals surface area contributed by atoms with Crippen molar-refractivity contribution in [2.45, 2.75) is 0 Å². The number of carbonyl (C=O) groups is 3. The molecule has 0 aromatic rings. The van der Waals surface area contributed by atoms with Crippen molar-refractivity contribution in [1.82, 2.24) is 0 Å². The van der Waals surface area contributed by atoms with Crippen LogP contribution < -0.4 is 0 Å². The Morgan fingerprint density at radius 2 is 1.11 bits per heavy atom. The van der Waals surface area contributed by atoms with Crippen molar-refractivity contribution < 1.29 is 24.6 Å². The highest BCUT2D eigenvalue weighted by molar-refractivity contribution is 6.59. The molecule has 0 amide bonds. The van der Waals surface area contributed by atoms with E-state index in [-0.39, 0.29) is 17.4 Å². The zero-order valence-electron chi connectivity index (χ0n) is 3.62. The highest BCUT2D eigenvalue weighted by Crippen LogP contribution is 1.69. The van der Waals surface area contributed by atoms with Gasteiger partial charge < -0.3 is 10.2 Å². The molecule has 0 atom stereocenters. The van der Waals surface area contributed by atoms with Crippen molar-refractivity contribution in [2.75, 3.05) is 0 Å². The van der Waals surface area contributed by atoms with Crippen LogP contribution in [0.3, 0.4) is 0 Å². The molecule has 0 heterocycles. The molecule has 0 aliphatic heterocycles. The van der Waals surface area contributed by atoms with Gasteiger partial charge in [-0.15, -0.1) is 0 Å². The van der Waals surface area contributed by atoms with Crippen LogP contribution in [0.4, 0.5) is 0 Å². The quantitative estimate of drug-likeness (QED) is 0.257. The van der Waals surface area contributed by atoms with Crippen LogP contribution >= 0.6 is 0 Å². The smallest absolute Gasteiger partial charge is 0.384 e. The van der Waals surface area contributed by atoms with Crippen LogP contribution in [0.25, 0.3) is 0 Å². The Labute approximate surface area is 60.4 Å². The fourth-order valence-corrected chi connectivity index (χ4v) is 0.0915. The van der Waals surface area contributed by atoms with Gasteiger partial charge in [0.1, 0.15) is 0 Å². The summed E-state index contributed by atoms with van der Waals surface area (Å²) < 4.78 is 0. The van der Waals surface area contributed by atoms with E-state index in [0.29, 0.717) is 0 Å². The summed E-state index contributed by atoms with van der Waals surface area (Å²) in [6.07, 6.45) is 0. The summed E-state index contributed by atoms with van der Waals surface area (Å²) in [4.78, 5) is 28.5. The number of hydrogen-bond donors (Lipinski definition) is 2. The third-order valence-corrected chi connectivity index (χ3v) is 0.388. The summed E-state index contributed by atoms with van der Waals surface area (Å²) in [5, 5.41) is 15.2. The highest BCUT2D eigenvalue weighted by Gasteiger charge is 2.19. The van der Waals surface area contributed by atoms with Gasteiger partial charge in [-0.1, -0.05) is 0 Å². The zero-order valence-corrected chi connectivity index (χ0v) is 3.62. The molecular formula is C3H5AlO5. The lowest BCUT2D eigenvalue weighted by atomic mass is 10.4. The van der Waals surface area contributed by atoms with Crippen molar-refractivity contribution in [3.8, 4) is 0 Å². The lowest BCUT2D eigenvalue weighted by molar-refractivity contribution is -0.159. The summed E-state index contributed by atoms with van der Waals surface area (Å²) in [5.74, 6) is -5.71. The Balaban J connectivity index is 0. The second kappa shape index (κ2) is 4.06. The van der Waals surface area contributed by atoms with Crippen molar-refractivity contribution in [3.63, 3.8) is 0 Å². The summed E-state index contributed by atoms with van der Waals surface area (Å²) in [6.45, 7) is 0. The van der Waals surface area contributed by atoms with Crippen molar-refractivity contribution in [3.05, 3.63) is 0 Å². The molecule has 0 bridgehead atoms. The molecule has 9 heavy (non-hydrogen) atoms. The van der Waals surface area contributed by atoms with Gasteiger partial charge in [-0.2, -0.15) is 0 Å². The maximum Gasteiger partial charge on any atom is 0.384 e. The minimum atomic E-state index is -1.95. The Morgan fingerprint density at radius 1 is 0.889 bits per heavy atom. The first kappa shape index (κ1) is 11.0. The maximum absolute atomic E-state index is 9.64. The largest absolute Gasteiger partial charge is 0.475 e. The van der Waals surface area contributed by atoms with E-state index in [2.05, 4.69) is 0 Å². The number of carboxylic acid groups (broad SMARTS) is 2. The van der Waals surface area contributed by atoms with E-state index in [1.807, 2.05) is 0 Å². The number of Topliss-reactive ketones (excluding diaryl/α,β-unsaturated/α-hetero) is 1. The summed E-state index contributed by atoms with van der Waals surface area (Å²) >= 11 is 0. The van der Waals surface area contributed by atoms with Crippen LogP contribution in [0.2, 0.25) is 0 Å². The molecule has 0 saturated heterocycles. The molecule has 0 aromatic heterocycles. The minimum Gasteiger partial charge on any atom is -0.475 e. The van der Waals surface area contributed by atoms with Gasteiger partial charge in [0.25, 0.3) is 0 Å². The zero-order chi connectivity index (χ0) is 6.73. The predicted octanol–water partition coefficient (Wildman–Crippen LogP) is -2.46. The molecule has 0 saturated carbocycles. The molecular weight excluding hydrogens is 143 g/mol. The Bertz CT molecular complexity index is 134. The van der Waals surface area contributed by atoms with E-state index in [1.165, 1.54) is 0 Å². The first-order valence-electron chi connectivity index (χ1n) is 1.56. The Morgan fingerprint density at radius 3 is 1.11 bits per heavy atom. The van der Waals surface area contributed by atoms with Crippen molar-refractivity contribution >= 4 is 35.1 Å². The van der Waals surface area contributed by atoms with Gasteiger partial charge in [0.15, 0.2) is 17.4 Å². The fourth-order valence-electron chi connectivity index (χ4n) is 0.0915. The number of carbonyl (C=O) groups excluding carboxylic acids is 1. The summed E-state index contributed by atoms with van der Waals surface area (Å²) in [5.41, 5.74) is 0. The van der Waals surface area contributed by atoms with Gasteiger partial charge in [0, 0.05) is 0 Å². The number of ketones is 1. The van der Waals surface area contributed by atoms with Crippen LogP contribution in [0.5, 0.6) is 0 Å². The summed E-state index contributed by atoms with van der Waals surface area (Å²) in [6, 6.07) is 0. The van der Waals surface area contributed by atoms with Gasteiger partial charge in [-0.3, -0.25) is 4.79 Å². The molecule has 2 N–H and O–H groups in total. The van der Waals surface area contributed by atoms with Gasteiger partial charge in [-0.05, 0) is 0 Å². The van der Waals surface area contributed by atoms with Crippen LogP contribution in [-0.2, 0) is 14.4 Å². The average molecular weight is 148 g/mol. The Kier molecular flexibility index (Phi) is 4.97. The van der Waals surface area contributed by atoms with E-state index >= 15 is 0 Å². The third-order valence-electron chi connectivity index (χ3n) is 0.388. The molecule has 0 fully saturated rings. The van der Waals surface area contributed by atoms with E-state index in [1.54, 1.807) is 0 Å². The number of hydrogen-bond acceptors (Lipinski definition) is 3. The molecule has 0 unspecified atom stereocenters. The van der Waals surface area contributed by atoms with Crippen molar-refractivity contribution in [2.24, 2.45) is 0 Å². The number of aliphatic carboxylic acids is 2. The molecule has 6 heteroatoms. The first-order chi connectivity index (χ1) is 3.55. The van der Waals surface area contributed by atoms with E-state index in [0.717, 1.165) is 0 Å². The van der Waals surface area contributed by atoms with Gasteiger partial charge >= 0.3 is 17.7 Å². The lowest BCUT2D eigenvalue weighted by Gasteiger charge is -1.80. The summed E-state index contributed by atoms with van der Waals surface area (Å²) in [7, 11) is 0. The molecule has 0 aromatic carbocycles. The van der Waals surface area contributed by atoms with E-state index in [9.17, 15) is 14.4 Å². The SMILES string of the molecule is O=C(O)C(=O)C(=O)O.[AlH3]. The number of rotatable bonds is 2. The second-order valence-corrected chi connectivity index (χ2v) is 0.939. The van der Waals surface area contributed by atoms with Gasteiger partial charge in [0.2, 0.25) is 0 Å². The van der Waals surface area contributed by atoms with Gasteiger partial charge in [0.05, 0.1) is 0 Å². The number of carboxylic acids is 2. The van der Waals surface area contributed by atoms with E-state index in [4.69, 9.17) is 10.2 Å². The molecule has 0 aliphatic carbocycles. The second-order valence-electron chi connectivity index (χ2n) is 0.939. The highest BCUT2D eigenvalue weighted by atomic mass is 27.0.